The van der Waals surface area contributed by atoms with E-state index in [2.05, 4.69) is 25.2 Å². The lowest BCUT2D eigenvalue weighted by Crippen LogP contribution is -2.31. The van der Waals surface area contributed by atoms with Crippen LogP contribution >= 0.6 is 0 Å². The van der Waals surface area contributed by atoms with Crippen molar-refractivity contribution in [2.75, 3.05) is 13.1 Å². The van der Waals surface area contributed by atoms with Crippen molar-refractivity contribution in [3.8, 4) is 17.3 Å². The van der Waals surface area contributed by atoms with Gasteiger partial charge >= 0.3 is 11.8 Å². The molecule has 2 atom stereocenters. The predicted molar refractivity (Wildman–Crippen MR) is 123 cm³/mol. The lowest BCUT2D eigenvalue weighted by atomic mass is 10.2. The Balaban J connectivity index is 1.33. The topological polar surface area (TPSA) is 150 Å². The van der Waals surface area contributed by atoms with Crippen LogP contribution in [0.1, 0.15) is 42.5 Å². The summed E-state index contributed by atoms with van der Waals surface area (Å²) in [5, 5.41) is 17.7. The maximum absolute atomic E-state index is 12.8. The van der Waals surface area contributed by atoms with Crippen molar-refractivity contribution in [3.05, 3.63) is 29.9 Å². The number of aryl methyl sites for hydroxylation is 2. The first kappa shape index (κ1) is 22.9. The van der Waals surface area contributed by atoms with Crippen LogP contribution in [-0.4, -0.2) is 80.7 Å². The minimum Gasteiger partial charge on any atom is -0.471 e. The van der Waals surface area contributed by atoms with Crippen molar-refractivity contribution in [1.29, 1.82) is 0 Å². The second-order valence-corrected chi connectivity index (χ2v) is 8.65. The van der Waals surface area contributed by atoms with E-state index in [1.165, 1.54) is 6.33 Å². The first-order valence-corrected chi connectivity index (χ1v) is 11.5. The Kier molecular flexibility index (Phi) is 5.93. The van der Waals surface area contributed by atoms with E-state index in [1.54, 1.807) is 18.0 Å². The SMILES string of the molecule is CCn1ncc(-c2nc3c(OC4CCN(C(=O)c5nc(CC(C)O)no5)C4)ncnc3n2C)c1C. The number of ether oxygens (including phenoxy) is 1. The number of aromatic nitrogens is 8. The van der Waals surface area contributed by atoms with Crippen LogP contribution in [0.15, 0.2) is 17.0 Å². The lowest BCUT2D eigenvalue weighted by molar-refractivity contribution is 0.0722. The minimum absolute atomic E-state index is 0.0944. The van der Waals surface area contributed by atoms with Gasteiger partial charge in [0.2, 0.25) is 5.88 Å². The Morgan fingerprint density at radius 2 is 2.17 bits per heavy atom. The molecule has 0 spiro atoms. The number of hydrogen-bond donors (Lipinski definition) is 1. The average Bonchev–Trinajstić information content (AvgIpc) is 3.61. The Morgan fingerprint density at radius 1 is 1.34 bits per heavy atom. The van der Waals surface area contributed by atoms with Gasteiger partial charge < -0.3 is 23.8 Å². The molecule has 1 aliphatic heterocycles. The van der Waals surface area contributed by atoms with Crippen molar-refractivity contribution < 1.29 is 19.2 Å². The van der Waals surface area contributed by atoms with Crippen molar-refractivity contribution in [2.24, 2.45) is 7.05 Å². The summed E-state index contributed by atoms with van der Waals surface area (Å²) in [5.74, 6) is 0.938. The third-order valence-electron chi connectivity index (χ3n) is 6.11. The van der Waals surface area contributed by atoms with E-state index in [1.807, 2.05) is 30.1 Å². The highest BCUT2D eigenvalue weighted by molar-refractivity contribution is 5.89. The van der Waals surface area contributed by atoms with Gasteiger partial charge in [-0.05, 0) is 20.8 Å². The van der Waals surface area contributed by atoms with Gasteiger partial charge in [0.25, 0.3) is 0 Å². The van der Waals surface area contributed by atoms with Gasteiger partial charge in [0.1, 0.15) is 18.3 Å². The zero-order chi connectivity index (χ0) is 24.7. The number of amides is 1. The van der Waals surface area contributed by atoms with E-state index in [0.29, 0.717) is 42.4 Å². The fourth-order valence-corrected chi connectivity index (χ4v) is 4.28. The first-order valence-electron chi connectivity index (χ1n) is 11.5. The number of hydrogen-bond acceptors (Lipinski definition) is 10. The number of imidazole rings is 1. The molecule has 4 aromatic heterocycles. The first-order chi connectivity index (χ1) is 16.9. The zero-order valence-corrected chi connectivity index (χ0v) is 20.0. The van der Waals surface area contributed by atoms with Gasteiger partial charge in [0.15, 0.2) is 17.0 Å². The number of nitrogens with zero attached hydrogens (tertiary/aromatic N) is 9. The van der Waals surface area contributed by atoms with Gasteiger partial charge in [0.05, 0.1) is 24.4 Å². The van der Waals surface area contributed by atoms with E-state index < -0.39 is 6.10 Å². The molecule has 1 amide bonds. The Morgan fingerprint density at radius 3 is 2.91 bits per heavy atom. The second-order valence-electron chi connectivity index (χ2n) is 8.65. The average molecular weight is 482 g/mol. The van der Waals surface area contributed by atoms with E-state index in [-0.39, 0.29) is 24.3 Å². The number of aliphatic hydroxyl groups excluding tert-OH is 1. The van der Waals surface area contributed by atoms with Crippen LogP contribution in [0, 0.1) is 6.92 Å². The van der Waals surface area contributed by atoms with Gasteiger partial charge in [-0.15, -0.1) is 0 Å². The van der Waals surface area contributed by atoms with Crippen molar-refractivity contribution in [1.82, 2.24) is 44.3 Å². The van der Waals surface area contributed by atoms with Gasteiger partial charge in [-0.3, -0.25) is 9.48 Å². The summed E-state index contributed by atoms with van der Waals surface area (Å²) in [6, 6.07) is 0. The summed E-state index contributed by atoms with van der Waals surface area (Å²) in [5.41, 5.74) is 3.14. The molecule has 0 saturated carbocycles. The summed E-state index contributed by atoms with van der Waals surface area (Å²) in [4.78, 5) is 32.0. The third-order valence-corrected chi connectivity index (χ3v) is 6.11. The Labute approximate surface area is 200 Å². The number of likely N-dealkylation sites (tertiary alicyclic amines) is 1. The maximum Gasteiger partial charge on any atom is 0.316 e. The fourth-order valence-electron chi connectivity index (χ4n) is 4.28. The maximum atomic E-state index is 12.8. The highest BCUT2D eigenvalue weighted by Crippen LogP contribution is 2.30. The van der Waals surface area contributed by atoms with Crippen molar-refractivity contribution in [3.63, 3.8) is 0 Å². The standard InChI is InChI=1S/C22H27N9O4/c1-5-31-13(3)15(9-25-31)18-27-17-19(29(18)4)23-11-24-20(17)34-14-6-7-30(10-14)22(33)21-26-16(28-35-21)8-12(2)32/h9,11-12,14,32H,5-8,10H2,1-4H3. The largest absolute Gasteiger partial charge is 0.471 e. The molecule has 13 heteroatoms. The normalized spacial score (nSPS) is 16.8. The van der Waals surface area contributed by atoms with Crippen LogP contribution in [0.5, 0.6) is 5.88 Å². The van der Waals surface area contributed by atoms with Crippen molar-refractivity contribution in [2.45, 2.75) is 52.4 Å². The molecular weight excluding hydrogens is 454 g/mol. The molecule has 1 aliphatic rings. The number of rotatable bonds is 7. The molecule has 0 aliphatic carbocycles. The van der Waals surface area contributed by atoms with Crippen LogP contribution in [0.4, 0.5) is 0 Å². The smallest absolute Gasteiger partial charge is 0.316 e. The molecule has 1 N–H and O–H groups in total. The van der Waals surface area contributed by atoms with Gasteiger partial charge in [-0.25, -0.2) is 9.97 Å². The van der Waals surface area contributed by atoms with Gasteiger partial charge in [0, 0.05) is 38.7 Å². The monoisotopic (exact) mass is 481 g/mol. The van der Waals surface area contributed by atoms with Crippen LogP contribution < -0.4 is 4.74 Å². The van der Waals surface area contributed by atoms with Crippen LogP contribution in [-0.2, 0) is 20.0 Å². The van der Waals surface area contributed by atoms with Gasteiger partial charge in [-0.2, -0.15) is 15.1 Å². The molecule has 13 nitrogen and oxygen atoms in total. The fraction of sp³-hybridized carbons (Fsp3) is 0.500. The Bertz CT molecular complexity index is 1370. The van der Waals surface area contributed by atoms with E-state index in [9.17, 15) is 9.90 Å². The molecule has 1 saturated heterocycles. The molecule has 184 valence electrons. The number of fused-ring (bicyclic) bond motifs is 1. The minimum atomic E-state index is -0.622. The molecule has 4 aromatic rings. The zero-order valence-electron chi connectivity index (χ0n) is 20.0. The molecule has 0 radical (unpaired) electrons. The highest BCUT2D eigenvalue weighted by Gasteiger charge is 2.32. The summed E-state index contributed by atoms with van der Waals surface area (Å²) in [6.45, 7) is 7.27. The highest BCUT2D eigenvalue weighted by atomic mass is 16.5. The lowest BCUT2D eigenvalue weighted by Gasteiger charge is -2.15. The molecule has 2 unspecified atom stereocenters. The molecule has 1 fully saturated rings. The summed E-state index contributed by atoms with van der Waals surface area (Å²) < 4.78 is 15.1. The molecule has 0 bridgehead atoms. The number of aliphatic hydroxyl groups is 1. The molecule has 5 rings (SSSR count). The van der Waals surface area contributed by atoms with Crippen LogP contribution in [0.2, 0.25) is 0 Å². The summed E-state index contributed by atoms with van der Waals surface area (Å²) >= 11 is 0. The summed E-state index contributed by atoms with van der Waals surface area (Å²) in [6.07, 6.45) is 3.20. The molecule has 5 heterocycles. The predicted octanol–water partition coefficient (Wildman–Crippen LogP) is 1.15. The van der Waals surface area contributed by atoms with E-state index in [0.717, 1.165) is 23.6 Å². The van der Waals surface area contributed by atoms with E-state index in [4.69, 9.17) is 14.2 Å². The molecular formula is C22H27N9O4. The van der Waals surface area contributed by atoms with Crippen LogP contribution in [0.25, 0.3) is 22.6 Å². The molecule has 35 heavy (non-hydrogen) atoms. The Hall–Kier alpha value is -3.87. The second kappa shape index (κ2) is 9.06. The van der Waals surface area contributed by atoms with E-state index >= 15 is 0 Å². The van der Waals surface area contributed by atoms with Gasteiger partial charge in [-0.1, -0.05) is 5.16 Å². The van der Waals surface area contributed by atoms with Crippen molar-refractivity contribution >= 4 is 17.1 Å². The molecule has 0 aromatic carbocycles. The summed E-state index contributed by atoms with van der Waals surface area (Å²) in [7, 11) is 1.90. The van der Waals surface area contributed by atoms with Crippen LogP contribution in [0.3, 0.4) is 0 Å². The quantitative estimate of drug-likeness (QED) is 0.407. The number of carbonyl (C=O) groups excluding carboxylic acids is 1. The third kappa shape index (κ3) is 4.22. The number of carbonyl (C=O) groups is 1.